The monoisotopic (exact) mass is 162 g/mol. The summed E-state index contributed by atoms with van der Waals surface area (Å²) in [5.41, 5.74) is 11.0. The molecule has 1 unspecified atom stereocenters. The maximum absolute atomic E-state index is 10.4. The van der Waals surface area contributed by atoms with Gasteiger partial charge in [-0.1, -0.05) is 0 Å². The molecule has 0 aliphatic heterocycles. The number of rotatable bonds is 5. The average Bonchev–Trinajstić information content (AvgIpc) is 2.00. The van der Waals surface area contributed by atoms with Crippen LogP contribution in [0.2, 0.25) is 0 Å². The molecule has 11 heavy (non-hydrogen) atoms. The van der Waals surface area contributed by atoms with Crippen LogP contribution < -0.4 is 22.7 Å². The van der Waals surface area contributed by atoms with Gasteiger partial charge in [0.25, 0.3) is 0 Å². The van der Waals surface area contributed by atoms with E-state index in [0.717, 1.165) is 0 Å². The molecule has 0 saturated heterocycles. The summed E-state index contributed by atoms with van der Waals surface area (Å²) in [6.45, 7) is 0.397. The standard InChI is InChI=1S/C5H14N4O2/c6-3-1-2-5(7,9-8)4(10)11/h9H,1-3,6-8H2,(H,10,11). The van der Waals surface area contributed by atoms with Crippen LogP contribution >= 0.6 is 0 Å². The highest BCUT2D eigenvalue weighted by atomic mass is 16.4. The minimum atomic E-state index is -1.54. The van der Waals surface area contributed by atoms with Crippen molar-refractivity contribution in [2.45, 2.75) is 18.5 Å². The number of nitrogens with one attached hydrogen (secondary N) is 1. The van der Waals surface area contributed by atoms with Crippen molar-refractivity contribution in [3.8, 4) is 0 Å². The van der Waals surface area contributed by atoms with Gasteiger partial charge in [0.2, 0.25) is 0 Å². The molecule has 0 rings (SSSR count). The van der Waals surface area contributed by atoms with E-state index in [1.54, 1.807) is 0 Å². The molecule has 8 N–H and O–H groups in total. The molecule has 1 atom stereocenters. The first-order valence-electron chi connectivity index (χ1n) is 3.27. The normalized spacial score (nSPS) is 15.9. The molecular formula is C5H14N4O2. The summed E-state index contributed by atoms with van der Waals surface area (Å²) < 4.78 is 0. The van der Waals surface area contributed by atoms with E-state index in [9.17, 15) is 4.79 Å². The van der Waals surface area contributed by atoms with Gasteiger partial charge >= 0.3 is 5.97 Å². The van der Waals surface area contributed by atoms with Crippen molar-refractivity contribution in [1.82, 2.24) is 5.43 Å². The molecule has 0 saturated carbocycles. The average molecular weight is 162 g/mol. The van der Waals surface area contributed by atoms with E-state index >= 15 is 0 Å². The number of hydrazine groups is 1. The number of carbonyl (C=O) groups is 1. The summed E-state index contributed by atoms with van der Waals surface area (Å²) in [7, 11) is 0. The summed E-state index contributed by atoms with van der Waals surface area (Å²) in [5.74, 6) is 3.78. The molecule has 0 amide bonds. The largest absolute Gasteiger partial charge is 0.479 e. The molecule has 0 aliphatic carbocycles. The molecule has 0 bridgehead atoms. The van der Waals surface area contributed by atoms with Gasteiger partial charge < -0.3 is 16.6 Å². The lowest BCUT2D eigenvalue weighted by Crippen LogP contribution is -2.62. The second kappa shape index (κ2) is 4.24. The van der Waals surface area contributed by atoms with Gasteiger partial charge in [0.1, 0.15) is 0 Å². The van der Waals surface area contributed by atoms with Crippen LogP contribution in [-0.4, -0.2) is 23.3 Å². The van der Waals surface area contributed by atoms with Crippen LogP contribution in [0.1, 0.15) is 12.8 Å². The number of carboxylic acids is 1. The number of hydrogen-bond acceptors (Lipinski definition) is 5. The SMILES string of the molecule is NCCCC(N)(NN)C(=O)O. The number of hydrogen-bond donors (Lipinski definition) is 5. The zero-order valence-electron chi connectivity index (χ0n) is 6.21. The van der Waals surface area contributed by atoms with Crippen molar-refractivity contribution in [3.05, 3.63) is 0 Å². The van der Waals surface area contributed by atoms with Crippen molar-refractivity contribution in [3.63, 3.8) is 0 Å². The Balaban J connectivity index is 3.99. The Morgan fingerprint density at radius 3 is 2.45 bits per heavy atom. The predicted molar refractivity (Wildman–Crippen MR) is 40.2 cm³/mol. The first-order valence-corrected chi connectivity index (χ1v) is 3.27. The van der Waals surface area contributed by atoms with Crippen LogP contribution in [0.25, 0.3) is 0 Å². The minimum absolute atomic E-state index is 0.218. The molecule has 0 radical (unpaired) electrons. The van der Waals surface area contributed by atoms with Gasteiger partial charge in [0.15, 0.2) is 5.66 Å². The van der Waals surface area contributed by atoms with E-state index < -0.39 is 11.6 Å². The first kappa shape index (κ1) is 10.3. The number of carboxylic acid groups (broad SMARTS) is 1. The molecule has 0 fully saturated rings. The Labute approximate surface area is 64.7 Å². The summed E-state index contributed by atoms with van der Waals surface area (Å²) in [4.78, 5) is 10.4. The van der Waals surface area contributed by atoms with Crippen molar-refractivity contribution < 1.29 is 9.90 Å². The molecule has 0 aromatic carbocycles. The molecule has 0 aromatic rings. The second-order valence-electron chi connectivity index (χ2n) is 2.31. The van der Waals surface area contributed by atoms with Gasteiger partial charge in [0.05, 0.1) is 0 Å². The summed E-state index contributed by atoms with van der Waals surface area (Å²) in [6, 6.07) is 0. The second-order valence-corrected chi connectivity index (χ2v) is 2.31. The molecule has 66 valence electrons. The van der Waals surface area contributed by atoms with Crippen LogP contribution in [0.3, 0.4) is 0 Å². The molecule has 0 aromatic heterocycles. The fraction of sp³-hybridized carbons (Fsp3) is 0.800. The highest BCUT2D eigenvalue weighted by Crippen LogP contribution is 2.03. The van der Waals surface area contributed by atoms with E-state index in [-0.39, 0.29) is 6.42 Å². The third-order valence-electron chi connectivity index (χ3n) is 1.41. The first-order chi connectivity index (χ1) is 5.06. The number of aliphatic carboxylic acids is 1. The molecule has 6 nitrogen and oxygen atoms in total. The van der Waals surface area contributed by atoms with E-state index in [1.165, 1.54) is 0 Å². The fourth-order valence-corrected chi connectivity index (χ4v) is 0.622. The van der Waals surface area contributed by atoms with E-state index in [0.29, 0.717) is 13.0 Å². The Morgan fingerprint density at radius 2 is 2.18 bits per heavy atom. The molecule has 6 heteroatoms. The van der Waals surface area contributed by atoms with Crippen molar-refractivity contribution in [2.24, 2.45) is 17.3 Å². The number of nitrogens with two attached hydrogens (primary N) is 3. The fourth-order valence-electron chi connectivity index (χ4n) is 0.622. The zero-order chi connectivity index (χ0) is 8.91. The molecule has 0 spiro atoms. The third-order valence-corrected chi connectivity index (χ3v) is 1.41. The minimum Gasteiger partial charge on any atom is -0.479 e. The van der Waals surface area contributed by atoms with Crippen molar-refractivity contribution in [2.75, 3.05) is 6.54 Å². The zero-order valence-corrected chi connectivity index (χ0v) is 6.21. The topological polar surface area (TPSA) is 127 Å². The lowest BCUT2D eigenvalue weighted by Gasteiger charge is -2.22. The lowest BCUT2D eigenvalue weighted by atomic mass is 10.1. The van der Waals surface area contributed by atoms with Crippen molar-refractivity contribution in [1.29, 1.82) is 0 Å². The van der Waals surface area contributed by atoms with Crippen molar-refractivity contribution >= 4 is 5.97 Å². The Morgan fingerprint density at radius 1 is 1.64 bits per heavy atom. The third kappa shape index (κ3) is 2.81. The van der Waals surface area contributed by atoms with Crippen LogP contribution in [0, 0.1) is 0 Å². The smallest absolute Gasteiger partial charge is 0.339 e. The molecular weight excluding hydrogens is 148 g/mol. The predicted octanol–water partition coefficient (Wildman–Crippen LogP) is -2.07. The maximum atomic E-state index is 10.4. The quantitative estimate of drug-likeness (QED) is 0.179. The highest BCUT2D eigenvalue weighted by Gasteiger charge is 2.31. The van der Waals surface area contributed by atoms with E-state index in [4.69, 9.17) is 22.4 Å². The van der Waals surface area contributed by atoms with Gasteiger partial charge in [-0.25, -0.2) is 10.2 Å². The van der Waals surface area contributed by atoms with Crippen LogP contribution in [0.4, 0.5) is 0 Å². The van der Waals surface area contributed by atoms with Crippen LogP contribution in [-0.2, 0) is 4.79 Å². The summed E-state index contributed by atoms with van der Waals surface area (Å²) in [5, 5.41) is 8.55. The Kier molecular flexibility index (Phi) is 3.98. The molecule has 0 heterocycles. The van der Waals surface area contributed by atoms with Crippen LogP contribution in [0.15, 0.2) is 0 Å². The van der Waals surface area contributed by atoms with E-state index in [2.05, 4.69) is 0 Å². The summed E-state index contributed by atoms with van der Waals surface area (Å²) in [6.07, 6.45) is 0.738. The maximum Gasteiger partial charge on any atom is 0.339 e. The lowest BCUT2D eigenvalue weighted by molar-refractivity contribution is -0.145. The van der Waals surface area contributed by atoms with Gasteiger partial charge in [-0.05, 0) is 19.4 Å². The van der Waals surface area contributed by atoms with Gasteiger partial charge in [-0.2, -0.15) is 0 Å². The van der Waals surface area contributed by atoms with Gasteiger partial charge in [-0.3, -0.25) is 5.84 Å². The Hall–Kier alpha value is -0.690. The summed E-state index contributed by atoms with van der Waals surface area (Å²) >= 11 is 0. The molecule has 0 aliphatic rings. The van der Waals surface area contributed by atoms with Crippen LogP contribution in [0.5, 0.6) is 0 Å². The van der Waals surface area contributed by atoms with Gasteiger partial charge in [-0.15, -0.1) is 0 Å². The highest BCUT2D eigenvalue weighted by molar-refractivity contribution is 5.77. The Bertz CT molecular complexity index is 140. The van der Waals surface area contributed by atoms with E-state index in [1.807, 2.05) is 5.43 Å². The van der Waals surface area contributed by atoms with Gasteiger partial charge in [0, 0.05) is 0 Å².